The number of benzene rings is 1. The lowest BCUT2D eigenvalue weighted by atomic mass is 10.1. The van der Waals surface area contributed by atoms with Crippen molar-refractivity contribution >= 4 is 17.7 Å². The maximum atomic E-state index is 11.7. The summed E-state index contributed by atoms with van der Waals surface area (Å²) in [5.41, 5.74) is 1.79. The summed E-state index contributed by atoms with van der Waals surface area (Å²) in [6, 6.07) is 7.51. The second-order valence-corrected chi connectivity index (χ2v) is 5.83. The van der Waals surface area contributed by atoms with Crippen LogP contribution in [0.1, 0.15) is 17.9 Å². The highest BCUT2D eigenvalue weighted by molar-refractivity contribution is 7.98. The summed E-state index contributed by atoms with van der Waals surface area (Å²) in [4.78, 5) is 15.9. The Bertz CT molecular complexity index is 613. The monoisotopic (exact) mass is 321 g/mol. The Morgan fingerprint density at radius 1 is 1.41 bits per heavy atom. The number of hydrogen-bond acceptors (Lipinski definition) is 6. The van der Waals surface area contributed by atoms with Gasteiger partial charge in [0.2, 0.25) is 17.6 Å². The van der Waals surface area contributed by atoms with E-state index in [4.69, 9.17) is 4.52 Å². The number of amides is 1. The zero-order chi connectivity index (χ0) is 15.9. The standard InChI is InChI=1S/C15H19N3O3S/c1-10-17-14(18-21-10)12-5-3-11(4-6-12)9-16-15(20)13(19)7-8-22-2/h3-6,13,19H,7-9H2,1-2H3,(H,16,20)/t13-/m1/s1. The summed E-state index contributed by atoms with van der Waals surface area (Å²) >= 11 is 1.60. The second-order valence-electron chi connectivity index (χ2n) is 4.85. The molecule has 0 unspecified atom stereocenters. The Balaban J connectivity index is 1.87. The Labute approximate surface area is 133 Å². The number of aromatic nitrogens is 2. The van der Waals surface area contributed by atoms with E-state index in [1.54, 1.807) is 18.7 Å². The molecule has 0 spiro atoms. The molecule has 0 fully saturated rings. The van der Waals surface area contributed by atoms with Crippen LogP contribution in [0.15, 0.2) is 28.8 Å². The van der Waals surface area contributed by atoms with Crippen LogP contribution in [0, 0.1) is 6.92 Å². The third-order valence-corrected chi connectivity index (χ3v) is 3.75. The molecule has 2 rings (SSSR count). The molecule has 2 aromatic rings. The first-order valence-corrected chi connectivity index (χ1v) is 8.34. The summed E-state index contributed by atoms with van der Waals surface area (Å²) in [7, 11) is 0. The lowest BCUT2D eigenvalue weighted by Gasteiger charge is -2.10. The molecular formula is C15H19N3O3S. The Kier molecular flexibility index (Phi) is 5.97. The van der Waals surface area contributed by atoms with Crippen LogP contribution in [-0.4, -0.2) is 39.3 Å². The molecule has 118 valence electrons. The Morgan fingerprint density at radius 3 is 2.73 bits per heavy atom. The van der Waals surface area contributed by atoms with Gasteiger partial charge in [-0.15, -0.1) is 0 Å². The smallest absolute Gasteiger partial charge is 0.249 e. The maximum absolute atomic E-state index is 11.7. The minimum Gasteiger partial charge on any atom is -0.383 e. The zero-order valence-electron chi connectivity index (χ0n) is 12.6. The molecule has 0 aliphatic rings. The van der Waals surface area contributed by atoms with Gasteiger partial charge in [0.05, 0.1) is 0 Å². The molecule has 0 saturated carbocycles. The molecule has 2 N–H and O–H groups in total. The molecule has 1 aromatic heterocycles. The molecule has 7 heteroatoms. The van der Waals surface area contributed by atoms with Crippen LogP contribution in [0.2, 0.25) is 0 Å². The molecule has 1 atom stereocenters. The van der Waals surface area contributed by atoms with Crippen LogP contribution in [0.25, 0.3) is 11.4 Å². The fourth-order valence-corrected chi connectivity index (χ4v) is 2.31. The Morgan fingerprint density at radius 2 is 2.14 bits per heavy atom. The number of aliphatic hydroxyl groups excluding tert-OH is 1. The number of carbonyl (C=O) groups excluding carboxylic acids is 1. The summed E-state index contributed by atoms with van der Waals surface area (Å²) in [6.07, 6.45) is 1.45. The van der Waals surface area contributed by atoms with E-state index in [9.17, 15) is 9.90 Å². The molecule has 0 radical (unpaired) electrons. The number of carbonyl (C=O) groups is 1. The van der Waals surface area contributed by atoms with Crippen molar-refractivity contribution in [3.05, 3.63) is 35.7 Å². The van der Waals surface area contributed by atoms with Crippen molar-refractivity contribution in [3.63, 3.8) is 0 Å². The molecule has 6 nitrogen and oxygen atoms in total. The summed E-state index contributed by atoms with van der Waals surface area (Å²) in [6.45, 7) is 2.11. The van der Waals surface area contributed by atoms with Crippen LogP contribution in [-0.2, 0) is 11.3 Å². The van der Waals surface area contributed by atoms with Crippen LogP contribution >= 0.6 is 11.8 Å². The molecule has 0 bridgehead atoms. The SMILES string of the molecule is CSCC[C@@H](O)C(=O)NCc1ccc(-c2noc(C)n2)cc1. The number of nitrogens with zero attached hydrogens (tertiary/aromatic N) is 2. The van der Waals surface area contributed by atoms with Gasteiger partial charge in [0.15, 0.2) is 0 Å². The molecule has 22 heavy (non-hydrogen) atoms. The first-order valence-electron chi connectivity index (χ1n) is 6.94. The summed E-state index contributed by atoms with van der Waals surface area (Å²) in [5, 5.41) is 16.2. The average Bonchev–Trinajstić information content (AvgIpc) is 2.97. The number of thioether (sulfide) groups is 1. The van der Waals surface area contributed by atoms with Gasteiger partial charge in [-0.3, -0.25) is 4.79 Å². The van der Waals surface area contributed by atoms with Crippen LogP contribution < -0.4 is 5.32 Å². The largest absolute Gasteiger partial charge is 0.383 e. The summed E-state index contributed by atoms with van der Waals surface area (Å²) in [5.74, 6) is 1.48. The van der Waals surface area contributed by atoms with E-state index in [0.29, 0.717) is 24.7 Å². The quantitative estimate of drug-likeness (QED) is 0.808. The maximum Gasteiger partial charge on any atom is 0.249 e. The van der Waals surface area contributed by atoms with E-state index in [-0.39, 0.29) is 5.91 Å². The topological polar surface area (TPSA) is 88.2 Å². The van der Waals surface area contributed by atoms with Gasteiger partial charge in [-0.1, -0.05) is 29.4 Å². The van der Waals surface area contributed by atoms with E-state index in [1.165, 1.54) is 0 Å². The van der Waals surface area contributed by atoms with Crippen molar-refractivity contribution in [1.29, 1.82) is 0 Å². The number of hydrogen-bond donors (Lipinski definition) is 2. The van der Waals surface area contributed by atoms with Gasteiger partial charge in [0.1, 0.15) is 6.10 Å². The fourth-order valence-electron chi connectivity index (χ4n) is 1.86. The number of aliphatic hydroxyl groups is 1. The lowest BCUT2D eigenvalue weighted by molar-refractivity contribution is -0.129. The highest BCUT2D eigenvalue weighted by Crippen LogP contribution is 2.16. The van der Waals surface area contributed by atoms with Gasteiger partial charge >= 0.3 is 0 Å². The second kappa shape index (κ2) is 7.95. The molecule has 0 aliphatic heterocycles. The van der Waals surface area contributed by atoms with E-state index in [2.05, 4.69) is 15.5 Å². The van der Waals surface area contributed by atoms with Crippen molar-refractivity contribution in [3.8, 4) is 11.4 Å². The molecule has 1 aromatic carbocycles. The normalized spacial score (nSPS) is 12.1. The van der Waals surface area contributed by atoms with Crippen molar-refractivity contribution in [2.24, 2.45) is 0 Å². The average molecular weight is 321 g/mol. The van der Waals surface area contributed by atoms with Gasteiger partial charge in [-0.05, 0) is 24.0 Å². The van der Waals surface area contributed by atoms with Crippen molar-refractivity contribution in [1.82, 2.24) is 15.5 Å². The molecule has 0 saturated heterocycles. The third-order valence-electron chi connectivity index (χ3n) is 3.10. The van der Waals surface area contributed by atoms with Gasteiger partial charge in [0, 0.05) is 19.0 Å². The highest BCUT2D eigenvalue weighted by Gasteiger charge is 2.13. The van der Waals surface area contributed by atoms with E-state index < -0.39 is 6.10 Å². The van der Waals surface area contributed by atoms with Crippen molar-refractivity contribution in [2.75, 3.05) is 12.0 Å². The van der Waals surface area contributed by atoms with E-state index >= 15 is 0 Å². The predicted octanol–water partition coefficient (Wildman–Crippen LogP) is 1.78. The van der Waals surface area contributed by atoms with E-state index in [1.807, 2.05) is 30.5 Å². The van der Waals surface area contributed by atoms with Crippen LogP contribution in [0.4, 0.5) is 0 Å². The molecular weight excluding hydrogens is 302 g/mol. The first kappa shape index (κ1) is 16.5. The third kappa shape index (κ3) is 4.57. The minimum atomic E-state index is -0.950. The fraction of sp³-hybridized carbons (Fsp3) is 0.400. The minimum absolute atomic E-state index is 0.341. The Hall–Kier alpha value is -1.86. The number of rotatable bonds is 7. The number of nitrogens with one attached hydrogen (secondary N) is 1. The molecule has 1 heterocycles. The highest BCUT2D eigenvalue weighted by atomic mass is 32.2. The zero-order valence-corrected chi connectivity index (χ0v) is 13.4. The van der Waals surface area contributed by atoms with Gasteiger partial charge in [-0.2, -0.15) is 16.7 Å². The first-order chi connectivity index (χ1) is 10.6. The molecule has 0 aliphatic carbocycles. The number of aryl methyl sites for hydroxylation is 1. The van der Waals surface area contributed by atoms with Crippen LogP contribution in [0.3, 0.4) is 0 Å². The van der Waals surface area contributed by atoms with Crippen LogP contribution in [0.5, 0.6) is 0 Å². The van der Waals surface area contributed by atoms with Gasteiger partial charge < -0.3 is 14.9 Å². The molecule has 1 amide bonds. The van der Waals surface area contributed by atoms with Crippen molar-refractivity contribution < 1.29 is 14.4 Å². The van der Waals surface area contributed by atoms with Gasteiger partial charge in [0.25, 0.3) is 0 Å². The van der Waals surface area contributed by atoms with Gasteiger partial charge in [-0.25, -0.2) is 0 Å². The van der Waals surface area contributed by atoms with Crippen molar-refractivity contribution in [2.45, 2.75) is 26.0 Å². The van der Waals surface area contributed by atoms with E-state index in [0.717, 1.165) is 16.9 Å². The summed E-state index contributed by atoms with van der Waals surface area (Å²) < 4.78 is 4.94. The lowest BCUT2D eigenvalue weighted by Crippen LogP contribution is -2.34. The predicted molar refractivity (Wildman–Crippen MR) is 85.3 cm³/mol.